The molecule has 1 heterocycles. The van der Waals surface area contributed by atoms with Crippen molar-refractivity contribution in [2.75, 3.05) is 6.61 Å². The van der Waals surface area contributed by atoms with Crippen LogP contribution < -0.4 is 4.74 Å². The first kappa shape index (κ1) is 12.9. The van der Waals surface area contributed by atoms with Gasteiger partial charge >= 0.3 is 5.97 Å². The van der Waals surface area contributed by atoms with Gasteiger partial charge in [-0.15, -0.1) is 0 Å². The van der Waals surface area contributed by atoms with Crippen molar-refractivity contribution in [2.24, 2.45) is 17.8 Å². The van der Waals surface area contributed by atoms with Gasteiger partial charge in [-0.2, -0.15) is 0 Å². The normalized spacial score (nSPS) is 35.9. The van der Waals surface area contributed by atoms with Gasteiger partial charge in [-0.25, -0.2) is 0 Å². The van der Waals surface area contributed by atoms with E-state index in [4.69, 9.17) is 9.47 Å². The number of esters is 1. The quantitative estimate of drug-likeness (QED) is 0.784. The predicted octanol–water partition coefficient (Wildman–Crippen LogP) is 2.61. The van der Waals surface area contributed by atoms with E-state index in [1.54, 1.807) is 0 Å². The molecule has 2 saturated carbocycles. The lowest BCUT2D eigenvalue weighted by molar-refractivity contribution is -0.146. The highest BCUT2D eigenvalue weighted by Gasteiger charge is 2.71. The summed E-state index contributed by atoms with van der Waals surface area (Å²) in [5.74, 6) is 1.09. The molecule has 0 amide bonds. The van der Waals surface area contributed by atoms with E-state index < -0.39 is 5.60 Å². The Balaban J connectivity index is 1.63. The Morgan fingerprint density at radius 2 is 2.24 bits per heavy atom. The summed E-state index contributed by atoms with van der Waals surface area (Å²) in [4.78, 5) is 24.4. The molecular formula is C17H18O4. The number of carbonyl (C=O) groups is 2. The van der Waals surface area contributed by atoms with Gasteiger partial charge < -0.3 is 9.47 Å². The molecule has 1 spiro atoms. The SMILES string of the molecule is CCOC(=O)[C@@H]1[C@@H]2CC[C@@]3(CC(=O)c4ccccc4O3)[C@@H]21. The van der Waals surface area contributed by atoms with Crippen LogP contribution in [-0.4, -0.2) is 24.0 Å². The Morgan fingerprint density at radius 3 is 3.05 bits per heavy atom. The van der Waals surface area contributed by atoms with Crippen LogP contribution in [0, 0.1) is 17.8 Å². The Morgan fingerprint density at radius 1 is 1.43 bits per heavy atom. The maximum absolute atomic E-state index is 12.4. The van der Waals surface area contributed by atoms with E-state index >= 15 is 0 Å². The summed E-state index contributed by atoms with van der Waals surface area (Å²) in [7, 11) is 0. The second kappa shape index (κ2) is 4.33. The van der Waals surface area contributed by atoms with Crippen LogP contribution in [0.15, 0.2) is 24.3 Å². The smallest absolute Gasteiger partial charge is 0.309 e. The van der Waals surface area contributed by atoms with Crippen molar-refractivity contribution < 1.29 is 19.1 Å². The molecule has 1 aromatic carbocycles. The van der Waals surface area contributed by atoms with Gasteiger partial charge in [-0.3, -0.25) is 9.59 Å². The maximum atomic E-state index is 12.4. The zero-order chi connectivity index (χ0) is 14.6. The summed E-state index contributed by atoms with van der Waals surface area (Å²) in [6, 6.07) is 7.40. The minimum absolute atomic E-state index is 0.0724. The van der Waals surface area contributed by atoms with Crippen LogP contribution in [0.3, 0.4) is 0 Å². The minimum atomic E-state index is -0.479. The summed E-state index contributed by atoms with van der Waals surface area (Å²) >= 11 is 0. The number of benzene rings is 1. The van der Waals surface area contributed by atoms with Crippen molar-refractivity contribution in [2.45, 2.75) is 31.8 Å². The molecule has 0 unspecified atom stereocenters. The highest BCUT2D eigenvalue weighted by molar-refractivity contribution is 6.00. The number of rotatable bonds is 2. The van der Waals surface area contributed by atoms with Crippen molar-refractivity contribution in [3.63, 3.8) is 0 Å². The highest BCUT2D eigenvalue weighted by atomic mass is 16.5. The molecule has 0 N–H and O–H groups in total. The number of ether oxygens (including phenoxy) is 2. The van der Waals surface area contributed by atoms with Crippen molar-refractivity contribution in [1.29, 1.82) is 0 Å². The van der Waals surface area contributed by atoms with Gasteiger partial charge in [0.1, 0.15) is 11.4 Å². The van der Waals surface area contributed by atoms with Crippen LogP contribution in [0.2, 0.25) is 0 Å². The van der Waals surface area contributed by atoms with Crippen LogP contribution in [-0.2, 0) is 9.53 Å². The number of Topliss-reactive ketones (excluding diaryl/α,β-unsaturated/α-hetero) is 1. The Hall–Kier alpha value is -1.84. The molecule has 2 fully saturated rings. The number of fused-ring (bicyclic) bond motifs is 3. The molecule has 4 rings (SSSR count). The Bertz CT molecular complexity index is 623. The van der Waals surface area contributed by atoms with E-state index in [1.807, 2.05) is 31.2 Å². The molecule has 4 nitrogen and oxygen atoms in total. The summed E-state index contributed by atoms with van der Waals surface area (Å²) in [5.41, 5.74) is 0.188. The summed E-state index contributed by atoms with van der Waals surface area (Å²) < 4.78 is 11.4. The standard InChI is InChI=1S/C17H18O4/c1-2-20-16(19)14-11-7-8-17(15(11)14)9-12(18)10-5-3-4-6-13(10)21-17/h3-6,11,14-15H,2,7-9H2,1H3/t11-,14+,15-,17+/m0/s1. The lowest BCUT2D eigenvalue weighted by atomic mass is 9.84. The fourth-order valence-electron chi connectivity index (χ4n) is 4.32. The molecule has 1 aliphatic heterocycles. The molecule has 3 aliphatic rings. The van der Waals surface area contributed by atoms with Crippen molar-refractivity contribution in [3.8, 4) is 5.75 Å². The number of carbonyl (C=O) groups excluding carboxylic acids is 2. The highest BCUT2D eigenvalue weighted by Crippen LogP contribution is 2.65. The summed E-state index contributed by atoms with van der Waals surface area (Å²) in [6.07, 6.45) is 2.20. The minimum Gasteiger partial charge on any atom is -0.486 e. The number of hydrogen-bond donors (Lipinski definition) is 0. The fourth-order valence-corrected chi connectivity index (χ4v) is 4.32. The van der Waals surface area contributed by atoms with Gasteiger partial charge in [0.15, 0.2) is 5.78 Å². The van der Waals surface area contributed by atoms with Gasteiger partial charge in [0.25, 0.3) is 0 Å². The molecule has 2 aliphatic carbocycles. The third kappa shape index (κ3) is 1.74. The van der Waals surface area contributed by atoms with Gasteiger partial charge in [0.05, 0.1) is 24.5 Å². The third-order valence-electron chi connectivity index (χ3n) is 5.20. The average molecular weight is 286 g/mol. The summed E-state index contributed by atoms with van der Waals surface area (Å²) in [5, 5.41) is 0. The molecular weight excluding hydrogens is 268 g/mol. The van der Waals surface area contributed by atoms with Crippen LogP contribution in [0.1, 0.15) is 36.5 Å². The van der Waals surface area contributed by atoms with Gasteiger partial charge in [0.2, 0.25) is 0 Å². The molecule has 0 radical (unpaired) electrons. The first-order valence-corrected chi connectivity index (χ1v) is 7.64. The molecule has 0 aromatic heterocycles. The monoisotopic (exact) mass is 286 g/mol. The summed E-state index contributed by atoms with van der Waals surface area (Å²) in [6.45, 7) is 2.23. The zero-order valence-corrected chi connectivity index (χ0v) is 12.0. The van der Waals surface area contributed by atoms with E-state index in [-0.39, 0.29) is 23.6 Å². The van der Waals surface area contributed by atoms with Crippen molar-refractivity contribution in [3.05, 3.63) is 29.8 Å². The molecule has 0 bridgehead atoms. The van der Waals surface area contributed by atoms with Crippen LogP contribution in [0.4, 0.5) is 0 Å². The molecule has 4 heteroatoms. The lowest BCUT2D eigenvalue weighted by Crippen LogP contribution is -2.43. The van der Waals surface area contributed by atoms with E-state index in [0.717, 1.165) is 12.8 Å². The average Bonchev–Trinajstić information content (AvgIpc) is 3.12. The first-order chi connectivity index (χ1) is 10.2. The van der Waals surface area contributed by atoms with Crippen LogP contribution in [0.5, 0.6) is 5.75 Å². The van der Waals surface area contributed by atoms with Crippen molar-refractivity contribution in [1.82, 2.24) is 0 Å². The number of hydrogen-bond acceptors (Lipinski definition) is 4. The lowest BCUT2D eigenvalue weighted by Gasteiger charge is -2.36. The zero-order valence-electron chi connectivity index (χ0n) is 12.0. The topological polar surface area (TPSA) is 52.6 Å². The maximum Gasteiger partial charge on any atom is 0.309 e. The van der Waals surface area contributed by atoms with Gasteiger partial charge in [-0.1, -0.05) is 12.1 Å². The molecule has 0 saturated heterocycles. The number of para-hydroxylation sites is 1. The van der Waals surface area contributed by atoms with Crippen LogP contribution >= 0.6 is 0 Å². The predicted molar refractivity (Wildman–Crippen MR) is 75.1 cm³/mol. The molecule has 110 valence electrons. The molecule has 21 heavy (non-hydrogen) atoms. The Kier molecular flexibility index (Phi) is 2.65. The second-order valence-electron chi connectivity index (χ2n) is 6.27. The van der Waals surface area contributed by atoms with Crippen LogP contribution in [0.25, 0.3) is 0 Å². The second-order valence-corrected chi connectivity index (χ2v) is 6.27. The van der Waals surface area contributed by atoms with E-state index in [2.05, 4.69) is 0 Å². The van der Waals surface area contributed by atoms with E-state index in [9.17, 15) is 9.59 Å². The van der Waals surface area contributed by atoms with E-state index in [1.165, 1.54) is 0 Å². The molecule has 1 aromatic rings. The van der Waals surface area contributed by atoms with Gasteiger partial charge in [0, 0.05) is 5.92 Å². The fraction of sp³-hybridized carbons (Fsp3) is 0.529. The van der Waals surface area contributed by atoms with E-state index in [0.29, 0.717) is 30.3 Å². The Labute approximate surface area is 123 Å². The third-order valence-corrected chi connectivity index (χ3v) is 5.20. The number of ketones is 1. The van der Waals surface area contributed by atoms with Gasteiger partial charge in [-0.05, 0) is 37.8 Å². The van der Waals surface area contributed by atoms with Crippen molar-refractivity contribution >= 4 is 11.8 Å². The first-order valence-electron chi connectivity index (χ1n) is 7.64. The molecule has 4 atom stereocenters. The largest absolute Gasteiger partial charge is 0.486 e.